The smallest absolute Gasteiger partial charge is 0.0991 e. The van der Waals surface area contributed by atoms with Crippen LogP contribution in [0.4, 0.5) is 5.69 Å². The Hall–Kier alpha value is -2.69. The van der Waals surface area contributed by atoms with Gasteiger partial charge in [0.25, 0.3) is 0 Å². The summed E-state index contributed by atoms with van der Waals surface area (Å²) in [6.45, 7) is 2.06. The number of benzene rings is 1. The van der Waals surface area contributed by atoms with Crippen molar-refractivity contribution >= 4 is 5.69 Å². The van der Waals surface area contributed by atoms with Gasteiger partial charge >= 0.3 is 0 Å². The molecule has 1 aromatic carbocycles. The van der Waals surface area contributed by atoms with E-state index in [0.717, 1.165) is 17.1 Å². The molecule has 5 nitrogen and oxygen atoms in total. The van der Waals surface area contributed by atoms with E-state index in [4.69, 9.17) is 0 Å². The van der Waals surface area contributed by atoms with Crippen LogP contribution in [0, 0.1) is 0 Å². The van der Waals surface area contributed by atoms with Crippen LogP contribution < -0.4 is 5.32 Å². The highest BCUT2D eigenvalue weighted by molar-refractivity contribution is 5.52. The zero-order chi connectivity index (χ0) is 13.8. The Morgan fingerprint density at radius 1 is 1.15 bits per heavy atom. The summed E-state index contributed by atoms with van der Waals surface area (Å²) in [7, 11) is 0. The van der Waals surface area contributed by atoms with Gasteiger partial charge in [0.05, 0.1) is 24.3 Å². The predicted octanol–water partition coefficient (Wildman–Crippen LogP) is 2.84. The van der Waals surface area contributed by atoms with E-state index in [1.54, 1.807) is 31.1 Å². The first kappa shape index (κ1) is 12.3. The van der Waals surface area contributed by atoms with Crippen LogP contribution in [0.2, 0.25) is 0 Å². The van der Waals surface area contributed by atoms with Crippen LogP contribution in [-0.4, -0.2) is 19.5 Å². The van der Waals surface area contributed by atoms with E-state index in [1.807, 2.05) is 29.0 Å². The van der Waals surface area contributed by atoms with Gasteiger partial charge in [0, 0.05) is 36.2 Å². The van der Waals surface area contributed by atoms with Gasteiger partial charge in [-0.3, -0.25) is 9.97 Å². The molecule has 1 N–H and O–H groups in total. The lowest BCUT2D eigenvalue weighted by atomic mass is 10.2. The Kier molecular flexibility index (Phi) is 3.41. The second kappa shape index (κ2) is 5.52. The fraction of sp³-hybridized carbons (Fsp3) is 0.133. The zero-order valence-electron chi connectivity index (χ0n) is 11.1. The fourth-order valence-corrected chi connectivity index (χ4v) is 2.03. The van der Waals surface area contributed by atoms with Gasteiger partial charge in [-0.25, -0.2) is 4.98 Å². The largest absolute Gasteiger partial charge is 0.377 e. The number of aromatic nitrogens is 4. The van der Waals surface area contributed by atoms with E-state index in [1.165, 1.54) is 0 Å². The molecule has 0 aliphatic rings. The summed E-state index contributed by atoms with van der Waals surface area (Å²) in [5.74, 6) is 0. The molecule has 0 fully saturated rings. The summed E-state index contributed by atoms with van der Waals surface area (Å²) in [5, 5.41) is 3.42. The molecule has 0 saturated carbocycles. The van der Waals surface area contributed by atoms with Gasteiger partial charge in [-0.1, -0.05) is 6.07 Å². The lowest BCUT2D eigenvalue weighted by Crippen LogP contribution is -2.08. The SMILES string of the molecule is CC(Nc1cccc(-n2ccnc2)c1)c1cnccn1. The highest BCUT2D eigenvalue weighted by Crippen LogP contribution is 2.19. The number of imidazole rings is 1. The van der Waals surface area contributed by atoms with Crippen molar-refractivity contribution in [3.63, 3.8) is 0 Å². The zero-order valence-corrected chi connectivity index (χ0v) is 11.1. The van der Waals surface area contributed by atoms with E-state index in [0.29, 0.717) is 0 Å². The third kappa shape index (κ3) is 2.66. The molecule has 3 aromatic rings. The lowest BCUT2D eigenvalue weighted by Gasteiger charge is -2.15. The van der Waals surface area contributed by atoms with Crippen LogP contribution in [-0.2, 0) is 0 Å². The summed E-state index contributed by atoms with van der Waals surface area (Å²) < 4.78 is 1.97. The van der Waals surface area contributed by atoms with E-state index in [-0.39, 0.29) is 6.04 Å². The molecular weight excluding hydrogens is 250 g/mol. The van der Waals surface area contributed by atoms with Gasteiger partial charge in [-0.2, -0.15) is 0 Å². The second-order valence-corrected chi connectivity index (χ2v) is 4.52. The molecule has 2 heterocycles. The molecule has 20 heavy (non-hydrogen) atoms. The molecule has 2 aromatic heterocycles. The van der Waals surface area contributed by atoms with Crippen LogP contribution in [0.1, 0.15) is 18.7 Å². The quantitative estimate of drug-likeness (QED) is 0.788. The number of rotatable bonds is 4. The maximum atomic E-state index is 4.31. The standard InChI is InChI=1S/C15H15N5/c1-12(15-10-16-5-6-18-15)19-13-3-2-4-14(9-13)20-8-7-17-11-20/h2-12,19H,1H3. The molecule has 5 heteroatoms. The first-order valence-electron chi connectivity index (χ1n) is 6.44. The highest BCUT2D eigenvalue weighted by Gasteiger charge is 2.07. The molecule has 3 rings (SSSR count). The molecule has 0 radical (unpaired) electrons. The van der Waals surface area contributed by atoms with E-state index in [2.05, 4.69) is 33.3 Å². The third-order valence-corrected chi connectivity index (χ3v) is 3.06. The lowest BCUT2D eigenvalue weighted by molar-refractivity contribution is 0.827. The molecule has 0 saturated heterocycles. The van der Waals surface area contributed by atoms with Crippen molar-refractivity contribution in [3.05, 3.63) is 67.3 Å². The van der Waals surface area contributed by atoms with Crippen LogP contribution in [0.15, 0.2) is 61.6 Å². The molecule has 0 aliphatic carbocycles. The van der Waals surface area contributed by atoms with Crippen molar-refractivity contribution in [2.45, 2.75) is 13.0 Å². The van der Waals surface area contributed by atoms with Crippen molar-refractivity contribution < 1.29 is 0 Å². The van der Waals surface area contributed by atoms with Crippen molar-refractivity contribution in [3.8, 4) is 5.69 Å². The molecular formula is C15H15N5. The molecule has 100 valence electrons. The number of nitrogens with one attached hydrogen (secondary N) is 1. The minimum Gasteiger partial charge on any atom is -0.377 e. The molecule has 0 bridgehead atoms. The van der Waals surface area contributed by atoms with Gasteiger partial charge in [0.1, 0.15) is 0 Å². The number of hydrogen-bond donors (Lipinski definition) is 1. The highest BCUT2D eigenvalue weighted by atomic mass is 15.0. The summed E-state index contributed by atoms with van der Waals surface area (Å²) >= 11 is 0. The maximum Gasteiger partial charge on any atom is 0.0991 e. The Labute approximate surface area is 117 Å². The maximum absolute atomic E-state index is 4.31. The van der Waals surface area contributed by atoms with Crippen molar-refractivity contribution in [2.24, 2.45) is 0 Å². The normalized spacial score (nSPS) is 12.1. The second-order valence-electron chi connectivity index (χ2n) is 4.52. The average molecular weight is 265 g/mol. The molecule has 0 aliphatic heterocycles. The Morgan fingerprint density at radius 2 is 2.10 bits per heavy atom. The fourth-order valence-electron chi connectivity index (χ4n) is 2.03. The number of anilines is 1. The minimum absolute atomic E-state index is 0.0988. The monoisotopic (exact) mass is 265 g/mol. The molecule has 1 atom stereocenters. The van der Waals surface area contributed by atoms with Gasteiger partial charge in [-0.05, 0) is 25.1 Å². The summed E-state index contributed by atoms with van der Waals surface area (Å²) in [5.41, 5.74) is 3.02. The minimum atomic E-state index is 0.0988. The first-order valence-corrected chi connectivity index (χ1v) is 6.44. The molecule has 1 unspecified atom stereocenters. The summed E-state index contributed by atoms with van der Waals surface area (Å²) in [6.07, 6.45) is 10.6. The average Bonchev–Trinajstić information content (AvgIpc) is 3.03. The van der Waals surface area contributed by atoms with Crippen molar-refractivity contribution in [1.29, 1.82) is 0 Å². The first-order chi connectivity index (χ1) is 9.83. The van der Waals surface area contributed by atoms with Crippen molar-refractivity contribution in [2.75, 3.05) is 5.32 Å². The predicted molar refractivity (Wildman–Crippen MR) is 77.6 cm³/mol. The third-order valence-electron chi connectivity index (χ3n) is 3.06. The molecule has 0 spiro atoms. The van der Waals surface area contributed by atoms with Crippen LogP contribution in [0.3, 0.4) is 0 Å². The number of hydrogen-bond acceptors (Lipinski definition) is 4. The van der Waals surface area contributed by atoms with Crippen LogP contribution in [0.25, 0.3) is 5.69 Å². The van der Waals surface area contributed by atoms with E-state index >= 15 is 0 Å². The van der Waals surface area contributed by atoms with Gasteiger partial charge in [-0.15, -0.1) is 0 Å². The van der Waals surface area contributed by atoms with Gasteiger partial charge in [0.15, 0.2) is 0 Å². The van der Waals surface area contributed by atoms with Crippen molar-refractivity contribution in [1.82, 2.24) is 19.5 Å². The Bertz CT molecular complexity index is 664. The molecule has 0 amide bonds. The topological polar surface area (TPSA) is 55.6 Å². The number of nitrogens with zero attached hydrogens (tertiary/aromatic N) is 4. The van der Waals surface area contributed by atoms with Crippen LogP contribution >= 0.6 is 0 Å². The summed E-state index contributed by atoms with van der Waals surface area (Å²) in [4.78, 5) is 12.5. The Balaban J connectivity index is 1.80. The van der Waals surface area contributed by atoms with E-state index < -0.39 is 0 Å². The van der Waals surface area contributed by atoms with Crippen LogP contribution in [0.5, 0.6) is 0 Å². The summed E-state index contributed by atoms with van der Waals surface area (Å²) in [6, 6.07) is 8.27. The Morgan fingerprint density at radius 3 is 2.85 bits per heavy atom. The van der Waals surface area contributed by atoms with Gasteiger partial charge < -0.3 is 9.88 Å². The van der Waals surface area contributed by atoms with E-state index in [9.17, 15) is 0 Å². The van der Waals surface area contributed by atoms with Gasteiger partial charge in [0.2, 0.25) is 0 Å².